The first kappa shape index (κ1) is 14.8. The second kappa shape index (κ2) is 5.04. The third-order valence-electron chi connectivity index (χ3n) is 3.47. The Kier molecular flexibility index (Phi) is 3.72. The Morgan fingerprint density at radius 2 is 1.00 bits per heavy atom. The van der Waals surface area contributed by atoms with Crippen LogP contribution in [-0.2, 0) is 11.2 Å². The lowest BCUT2D eigenvalue weighted by Gasteiger charge is -2.20. The van der Waals surface area contributed by atoms with Crippen molar-refractivity contribution in [3.8, 4) is 11.1 Å². The van der Waals surface area contributed by atoms with Crippen LogP contribution in [0.1, 0.15) is 38.8 Å². The zero-order valence-electron chi connectivity index (χ0n) is 12.5. The van der Waals surface area contributed by atoms with Crippen molar-refractivity contribution in [1.29, 1.82) is 0 Å². The van der Waals surface area contributed by atoms with Gasteiger partial charge in [-0.1, -0.05) is 36.4 Å². The van der Waals surface area contributed by atoms with Crippen LogP contribution in [0.5, 0.6) is 0 Å². The van der Waals surface area contributed by atoms with Crippen LogP contribution in [0.15, 0.2) is 48.5 Å². The van der Waals surface area contributed by atoms with E-state index in [0.29, 0.717) is 0 Å². The fourth-order valence-corrected chi connectivity index (χ4v) is 2.16. The van der Waals surface area contributed by atoms with Crippen molar-refractivity contribution < 1.29 is 10.2 Å². The van der Waals surface area contributed by atoms with E-state index in [1.54, 1.807) is 27.7 Å². The van der Waals surface area contributed by atoms with Crippen molar-refractivity contribution in [2.75, 3.05) is 0 Å². The van der Waals surface area contributed by atoms with Gasteiger partial charge in [0.05, 0.1) is 11.2 Å². The van der Waals surface area contributed by atoms with Crippen molar-refractivity contribution in [3.63, 3.8) is 0 Å². The van der Waals surface area contributed by atoms with E-state index in [9.17, 15) is 10.2 Å². The molecule has 0 aliphatic carbocycles. The molecule has 0 aliphatic heterocycles. The molecule has 20 heavy (non-hydrogen) atoms. The summed E-state index contributed by atoms with van der Waals surface area (Å²) in [5.41, 5.74) is 2.12. The molecule has 0 spiro atoms. The van der Waals surface area contributed by atoms with E-state index >= 15 is 0 Å². The van der Waals surface area contributed by atoms with Gasteiger partial charge in [0.15, 0.2) is 0 Å². The third-order valence-corrected chi connectivity index (χ3v) is 3.47. The number of hydrogen-bond donors (Lipinski definition) is 2. The first-order chi connectivity index (χ1) is 9.18. The van der Waals surface area contributed by atoms with Gasteiger partial charge in [-0.15, -0.1) is 0 Å². The van der Waals surface area contributed by atoms with Crippen LogP contribution >= 0.6 is 0 Å². The molecule has 2 nitrogen and oxygen atoms in total. The topological polar surface area (TPSA) is 40.5 Å². The van der Waals surface area contributed by atoms with E-state index in [-0.39, 0.29) is 0 Å². The summed E-state index contributed by atoms with van der Waals surface area (Å²) in [5.74, 6) is 0. The minimum absolute atomic E-state index is 0.857. The number of hydrogen-bond acceptors (Lipinski definition) is 2. The predicted octanol–water partition coefficient (Wildman–Crippen LogP) is 3.81. The van der Waals surface area contributed by atoms with Crippen molar-refractivity contribution in [2.24, 2.45) is 0 Å². The second-order valence-corrected chi connectivity index (χ2v) is 6.28. The van der Waals surface area contributed by atoms with Gasteiger partial charge in [-0.3, -0.25) is 0 Å². The molecule has 0 atom stereocenters. The minimum Gasteiger partial charge on any atom is -0.386 e. The average molecular weight is 270 g/mol. The van der Waals surface area contributed by atoms with Gasteiger partial charge in [0.1, 0.15) is 0 Å². The molecule has 2 N–H and O–H groups in total. The Bertz CT molecular complexity index is 546. The van der Waals surface area contributed by atoms with Crippen molar-refractivity contribution >= 4 is 0 Å². The summed E-state index contributed by atoms with van der Waals surface area (Å²) in [4.78, 5) is 0. The number of benzene rings is 2. The lowest BCUT2D eigenvalue weighted by molar-refractivity contribution is 0.0779. The van der Waals surface area contributed by atoms with Gasteiger partial charge in [0, 0.05) is 0 Å². The monoisotopic (exact) mass is 270 g/mol. The molecule has 2 rings (SSSR count). The Morgan fingerprint density at radius 3 is 1.30 bits per heavy atom. The van der Waals surface area contributed by atoms with Gasteiger partial charge in [-0.2, -0.15) is 0 Å². The van der Waals surface area contributed by atoms with Crippen molar-refractivity contribution in [3.05, 3.63) is 59.7 Å². The molecule has 0 aromatic heterocycles. The summed E-state index contributed by atoms with van der Waals surface area (Å²) in [6.45, 7) is 7.11. The average Bonchev–Trinajstić information content (AvgIpc) is 2.37. The normalized spacial score (nSPS) is 12.5. The fourth-order valence-electron chi connectivity index (χ4n) is 2.16. The Hall–Kier alpha value is -1.64. The van der Waals surface area contributed by atoms with Gasteiger partial charge < -0.3 is 10.2 Å². The SMILES string of the molecule is CC(C)(O)c1cccc(-c2cccc(C(C)(C)O)c2)c1. The molecule has 0 bridgehead atoms. The first-order valence-corrected chi connectivity index (χ1v) is 6.84. The molecular formula is C18H22O2. The molecule has 0 saturated heterocycles. The van der Waals surface area contributed by atoms with E-state index in [2.05, 4.69) is 0 Å². The van der Waals surface area contributed by atoms with Gasteiger partial charge >= 0.3 is 0 Å². The van der Waals surface area contributed by atoms with Gasteiger partial charge in [-0.25, -0.2) is 0 Å². The summed E-state index contributed by atoms with van der Waals surface area (Å²) < 4.78 is 0. The highest BCUT2D eigenvalue weighted by atomic mass is 16.3. The van der Waals surface area contributed by atoms with Crippen LogP contribution in [0.3, 0.4) is 0 Å². The summed E-state index contributed by atoms with van der Waals surface area (Å²) in [6, 6.07) is 15.7. The lowest BCUT2D eigenvalue weighted by Crippen LogP contribution is -2.15. The molecule has 106 valence electrons. The summed E-state index contributed by atoms with van der Waals surface area (Å²) >= 11 is 0. The van der Waals surface area contributed by atoms with E-state index in [0.717, 1.165) is 22.3 Å². The van der Waals surface area contributed by atoms with Crippen LogP contribution in [0.2, 0.25) is 0 Å². The van der Waals surface area contributed by atoms with Crippen LogP contribution in [0.25, 0.3) is 11.1 Å². The van der Waals surface area contributed by atoms with Crippen molar-refractivity contribution in [1.82, 2.24) is 0 Å². The maximum Gasteiger partial charge on any atom is 0.0840 e. The molecule has 0 fully saturated rings. The number of aliphatic hydroxyl groups is 2. The van der Waals surface area contributed by atoms with Gasteiger partial charge in [-0.05, 0) is 62.1 Å². The maximum atomic E-state index is 10.1. The molecule has 0 saturated carbocycles. The predicted molar refractivity (Wildman–Crippen MR) is 82.4 cm³/mol. The van der Waals surface area contributed by atoms with E-state index in [1.807, 2.05) is 48.5 Å². The fraction of sp³-hybridized carbons (Fsp3) is 0.333. The highest BCUT2D eigenvalue weighted by molar-refractivity contribution is 5.65. The Balaban J connectivity index is 2.47. The summed E-state index contributed by atoms with van der Waals surface area (Å²) in [6.07, 6.45) is 0. The third kappa shape index (κ3) is 3.27. The van der Waals surface area contributed by atoms with E-state index in [4.69, 9.17) is 0 Å². The maximum absolute atomic E-state index is 10.1. The van der Waals surface area contributed by atoms with Gasteiger partial charge in [0.25, 0.3) is 0 Å². The highest BCUT2D eigenvalue weighted by Gasteiger charge is 2.18. The second-order valence-electron chi connectivity index (χ2n) is 6.28. The molecule has 0 unspecified atom stereocenters. The van der Waals surface area contributed by atoms with Crippen LogP contribution in [0, 0.1) is 0 Å². The largest absolute Gasteiger partial charge is 0.386 e. The first-order valence-electron chi connectivity index (χ1n) is 6.84. The van der Waals surface area contributed by atoms with E-state index < -0.39 is 11.2 Å². The summed E-state index contributed by atoms with van der Waals surface area (Å²) in [5, 5.41) is 20.2. The minimum atomic E-state index is -0.857. The highest BCUT2D eigenvalue weighted by Crippen LogP contribution is 2.29. The molecule has 2 aromatic rings. The van der Waals surface area contributed by atoms with Crippen LogP contribution in [0.4, 0.5) is 0 Å². The standard InChI is InChI=1S/C18H22O2/c1-17(2,19)15-9-5-7-13(11-15)14-8-6-10-16(12-14)18(3,4)20/h5-12,19-20H,1-4H3. The zero-order valence-corrected chi connectivity index (χ0v) is 12.5. The molecular weight excluding hydrogens is 248 g/mol. The molecule has 2 aromatic carbocycles. The lowest BCUT2D eigenvalue weighted by atomic mass is 9.91. The smallest absolute Gasteiger partial charge is 0.0840 e. The summed E-state index contributed by atoms with van der Waals surface area (Å²) in [7, 11) is 0. The van der Waals surface area contributed by atoms with E-state index in [1.165, 1.54) is 0 Å². The zero-order chi connectivity index (χ0) is 15.0. The van der Waals surface area contributed by atoms with Crippen LogP contribution < -0.4 is 0 Å². The quantitative estimate of drug-likeness (QED) is 0.890. The molecule has 0 radical (unpaired) electrons. The molecule has 0 amide bonds. The Morgan fingerprint density at radius 1 is 0.650 bits per heavy atom. The van der Waals surface area contributed by atoms with Crippen LogP contribution in [-0.4, -0.2) is 10.2 Å². The van der Waals surface area contributed by atoms with Crippen molar-refractivity contribution in [2.45, 2.75) is 38.9 Å². The Labute approximate surface area is 120 Å². The molecule has 2 heteroatoms. The number of rotatable bonds is 3. The molecule has 0 aliphatic rings. The van der Waals surface area contributed by atoms with Gasteiger partial charge in [0.2, 0.25) is 0 Å². The molecule has 0 heterocycles.